The molecule has 46 heavy (non-hydrogen) atoms. The smallest absolute Gasteiger partial charge is 0.0540 e. The average Bonchev–Trinajstić information content (AvgIpc) is 3.33. The number of hydrogen-bond acceptors (Lipinski definition) is 3. The first-order valence-corrected chi connectivity index (χ1v) is 17.4. The highest BCUT2D eigenvalue weighted by Gasteiger charge is 2.35. The molecule has 0 saturated heterocycles. The number of benzene rings is 7. The van der Waals surface area contributed by atoms with Gasteiger partial charge in [-0.15, -0.1) is 0 Å². The Labute approximate surface area is 278 Å². The lowest BCUT2D eigenvalue weighted by atomic mass is 9.82. The fourth-order valence-electron chi connectivity index (χ4n) is 7.17. The van der Waals surface area contributed by atoms with E-state index in [0.717, 1.165) is 5.69 Å². The molecule has 0 fully saturated rings. The SMILES string of the molecule is CC1(C)c2ccccc2-c2ccc(N(c3ccc(-c4ccc5c(c4)Sc4ccccc4S5)cc3)c3cccc4ccccc34)cc21. The van der Waals surface area contributed by atoms with Crippen LogP contribution >= 0.6 is 23.5 Å². The largest absolute Gasteiger partial charge is 0.310 e. The summed E-state index contributed by atoms with van der Waals surface area (Å²) in [6, 6.07) is 55.9. The standard InChI is InChI=1S/C43H31NS2/c1-43(2)36-14-6-5-13-34(36)35-24-23-32(27-37(35)43)44(38-15-9-11-29-10-3-4-12-33(29)38)31-21-18-28(19-22-31)30-20-25-41-42(26-30)46-40-17-8-7-16-39(40)45-41/h3-27H,1-2H3. The van der Waals surface area contributed by atoms with Gasteiger partial charge in [0.2, 0.25) is 0 Å². The van der Waals surface area contributed by atoms with Crippen molar-refractivity contribution >= 4 is 51.4 Å². The summed E-state index contributed by atoms with van der Waals surface area (Å²) in [5, 5.41) is 2.48. The van der Waals surface area contributed by atoms with E-state index >= 15 is 0 Å². The predicted molar refractivity (Wildman–Crippen MR) is 196 cm³/mol. The van der Waals surface area contributed by atoms with Crippen molar-refractivity contribution in [3.05, 3.63) is 163 Å². The van der Waals surface area contributed by atoms with Crippen molar-refractivity contribution in [3.8, 4) is 22.3 Å². The highest BCUT2D eigenvalue weighted by molar-refractivity contribution is 8.05. The zero-order valence-electron chi connectivity index (χ0n) is 25.7. The van der Waals surface area contributed by atoms with Crippen molar-refractivity contribution in [1.82, 2.24) is 0 Å². The lowest BCUT2D eigenvalue weighted by Gasteiger charge is -2.29. The minimum atomic E-state index is -0.0700. The zero-order valence-corrected chi connectivity index (χ0v) is 27.3. The van der Waals surface area contributed by atoms with E-state index < -0.39 is 0 Å². The van der Waals surface area contributed by atoms with Crippen LogP contribution in [0.4, 0.5) is 17.1 Å². The van der Waals surface area contributed by atoms with E-state index in [1.807, 2.05) is 23.5 Å². The van der Waals surface area contributed by atoms with Crippen LogP contribution in [0.2, 0.25) is 0 Å². The highest BCUT2D eigenvalue weighted by atomic mass is 32.2. The zero-order chi connectivity index (χ0) is 30.8. The average molecular weight is 626 g/mol. The molecule has 0 aromatic heterocycles. The van der Waals surface area contributed by atoms with Crippen LogP contribution in [0.15, 0.2) is 171 Å². The maximum absolute atomic E-state index is 2.43. The first-order chi connectivity index (χ1) is 22.5. The molecule has 1 heterocycles. The molecule has 2 aliphatic rings. The van der Waals surface area contributed by atoms with Gasteiger partial charge in [0, 0.05) is 41.8 Å². The summed E-state index contributed by atoms with van der Waals surface area (Å²) in [5.41, 5.74) is 11.3. The maximum atomic E-state index is 2.43. The summed E-state index contributed by atoms with van der Waals surface area (Å²) >= 11 is 3.74. The molecule has 0 atom stereocenters. The van der Waals surface area contributed by atoms with Gasteiger partial charge in [0.05, 0.1) is 5.69 Å². The molecule has 0 unspecified atom stereocenters. The Morgan fingerprint density at radius 2 is 1.09 bits per heavy atom. The van der Waals surface area contributed by atoms with Crippen LogP contribution in [-0.2, 0) is 5.41 Å². The normalized spacial score (nSPS) is 13.9. The van der Waals surface area contributed by atoms with E-state index in [1.54, 1.807) is 0 Å². The summed E-state index contributed by atoms with van der Waals surface area (Å²) in [7, 11) is 0. The number of nitrogens with zero attached hydrogens (tertiary/aromatic N) is 1. The summed E-state index contributed by atoms with van der Waals surface area (Å²) in [4.78, 5) is 7.75. The third-order valence-corrected chi connectivity index (χ3v) is 12.1. The topological polar surface area (TPSA) is 3.24 Å². The molecule has 0 bridgehead atoms. The molecule has 1 aliphatic carbocycles. The van der Waals surface area contributed by atoms with Crippen molar-refractivity contribution in [2.45, 2.75) is 38.8 Å². The second-order valence-electron chi connectivity index (χ2n) is 12.6. The lowest BCUT2D eigenvalue weighted by Crippen LogP contribution is -2.16. The van der Waals surface area contributed by atoms with E-state index in [0.29, 0.717) is 0 Å². The number of anilines is 3. The van der Waals surface area contributed by atoms with Gasteiger partial charge in [0.15, 0.2) is 0 Å². The fourth-order valence-corrected chi connectivity index (χ4v) is 9.43. The fraction of sp³-hybridized carbons (Fsp3) is 0.0698. The second-order valence-corrected chi connectivity index (χ2v) is 14.8. The van der Waals surface area contributed by atoms with Crippen LogP contribution in [0.25, 0.3) is 33.0 Å². The monoisotopic (exact) mass is 625 g/mol. The Hall–Kier alpha value is -4.70. The van der Waals surface area contributed by atoms with E-state index in [9.17, 15) is 0 Å². The Morgan fingerprint density at radius 3 is 1.93 bits per heavy atom. The molecule has 9 rings (SSSR count). The first-order valence-electron chi connectivity index (χ1n) is 15.8. The van der Waals surface area contributed by atoms with Crippen LogP contribution in [-0.4, -0.2) is 0 Å². The summed E-state index contributed by atoms with van der Waals surface area (Å²) in [5.74, 6) is 0. The molecule has 0 radical (unpaired) electrons. The van der Waals surface area contributed by atoms with Gasteiger partial charge in [-0.25, -0.2) is 0 Å². The molecule has 1 aliphatic heterocycles. The molecule has 0 amide bonds. The minimum Gasteiger partial charge on any atom is -0.310 e. The van der Waals surface area contributed by atoms with E-state index in [1.165, 1.54) is 75.1 Å². The molecule has 7 aromatic carbocycles. The van der Waals surface area contributed by atoms with Gasteiger partial charge in [-0.1, -0.05) is 134 Å². The van der Waals surface area contributed by atoms with Crippen molar-refractivity contribution in [2.24, 2.45) is 0 Å². The highest BCUT2D eigenvalue weighted by Crippen LogP contribution is 2.52. The van der Waals surface area contributed by atoms with Gasteiger partial charge in [-0.3, -0.25) is 0 Å². The lowest BCUT2D eigenvalue weighted by molar-refractivity contribution is 0.660. The number of hydrogen-bond donors (Lipinski definition) is 0. The first kappa shape index (κ1) is 27.6. The molecule has 0 saturated carbocycles. The van der Waals surface area contributed by atoms with Gasteiger partial charge in [-0.05, 0) is 93.4 Å². The molecule has 1 nitrogen and oxygen atoms in total. The van der Waals surface area contributed by atoms with Crippen LogP contribution in [0.1, 0.15) is 25.0 Å². The van der Waals surface area contributed by atoms with Crippen molar-refractivity contribution in [3.63, 3.8) is 0 Å². The molecule has 7 aromatic rings. The van der Waals surface area contributed by atoms with E-state index in [2.05, 4.69) is 170 Å². The Bertz CT molecular complexity index is 2300. The third-order valence-electron chi connectivity index (χ3n) is 9.52. The summed E-state index contributed by atoms with van der Waals surface area (Å²) in [6.45, 7) is 4.71. The Balaban J connectivity index is 1.14. The number of fused-ring (bicyclic) bond motifs is 6. The molecule has 0 spiro atoms. The van der Waals surface area contributed by atoms with Gasteiger partial charge < -0.3 is 4.90 Å². The van der Waals surface area contributed by atoms with Gasteiger partial charge in [0.1, 0.15) is 0 Å². The molecule has 220 valence electrons. The van der Waals surface area contributed by atoms with E-state index in [-0.39, 0.29) is 5.41 Å². The van der Waals surface area contributed by atoms with Crippen molar-refractivity contribution in [1.29, 1.82) is 0 Å². The van der Waals surface area contributed by atoms with Crippen LogP contribution < -0.4 is 4.90 Å². The second kappa shape index (κ2) is 10.7. The van der Waals surface area contributed by atoms with Crippen LogP contribution in [0.3, 0.4) is 0 Å². The molecular weight excluding hydrogens is 595 g/mol. The van der Waals surface area contributed by atoms with E-state index in [4.69, 9.17) is 0 Å². The quantitative estimate of drug-likeness (QED) is 0.192. The molecule has 0 N–H and O–H groups in total. The third kappa shape index (κ3) is 4.41. The van der Waals surface area contributed by atoms with Gasteiger partial charge >= 0.3 is 0 Å². The van der Waals surface area contributed by atoms with Crippen molar-refractivity contribution in [2.75, 3.05) is 4.90 Å². The molecule has 3 heteroatoms. The number of rotatable bonds is 4. The van der Waals surface area contributed by atoms with Crippen LogP contribution in [0.5, 0.6) is 0 Å². The Morgan fingerprint density at radius 1 is 0.457 bits per heavy atom. The van der Waals surface area contributed by atoms with Crippen molar-refractivity contribution < 1.29 is 0 Å². The summed E-state index contributed by atoms with van der Waals surface area (Å²) in [6.07, 6.45) is 0. The van der Waals surface area contributed by atoms with Crippen LogP contribution in [0, 0.1) is 0 Å². The van der Waals surface area contributed by atoms with Gasteiger partial charge in [-0.2, -0.15) is 0 Å². The molecular formula is C43H31NS2. The predicted octanol–water partition coefficient (Wildman–Crippen LogP) is 12.9. The van der Waals surface area contributed by atoms with Gasteiger partial charge in [0.25, 0.3) is 0 Å². The maximum Gasteiger partial charge on any atom is 0.0540 e. The summed E-state index contributed by atoms with van der Waals surface area (Å²) < 4.78 is 0. The minimum absolute atomic E-state index is 0.0700. The Kier molecular flexibility index (Phi) is 6.41.